The number of hydrogen-bond acceptors (Lipinski definition) is 6. The van der Waals surface area contributed by atoms with Gasteiger partial charge in [0.25, 0.3) is 0 Å². The lowest BCUT2D eigenvalue weighted by molar-refractivity contribution is -0.142. The van der Waals surface area contributed by atoms with E-state index in [1.807, 2.05) is 23.1 Å². The minimum absolute atomic E-state index is 0.00535. The van der Waals surface area contributed by atoms with Gasteiger partial charge >= 0.3 is 0 Å². The van der Waals surface area contributed by atoms with Crippen LogP contribution in [0, 0.1) is 5.92 Å². The van der Waals surface area contributed by atoms with Gasteiger partial charge in [0.2, 0.25) is 23.5 Å². The number of likely N-dealkylation sites (tertiary alicyclic amines) is 1. The Morgan fingerprint density at radius 3 is 2.75 bits per heavy atom. The molecule has 3 heterocycles. The number of amides is 2. The number of carbonyl (C=O) groups is 2. The molecule has 0 bridgehead atoms. The Morgan fingerprint density at radius 1 is 1.19 bits per heavy atom. The zero-order valence-corrected chi connectivity index (χ0v) is 18.2. The quantitative estimate of drug-likeness (QED) is 0.542. The third kappa shape index (κ3) is 5.38. The fourth-order valence-electron chi connectivity index (χ4n) is 3.98. The maximum atomic E-state index is 13.0. The SMILES string of the molecule is CN(Cc1nc(-c2ccncc2)no1)C(=O)[C@H]1CCC(=O)N(CCCc2ccccc2)C1. The number of nitrogens with zero attached hydrogens (tertiary/aromatic N) is 5. The molecule has 4 rings (SSSR count). The number of pyridine rings is 1. The van der Waals surface area contributed by atoms with Gasteiger partial charge in [0.15, 0.2) is 0 Å². The fourth-order valence-corrected chi connectivity index (χ4v) is 3.98. The van der Waals surface area contributed by atoms with Crippen LogP contribution in [0.4, 0.5) is 0 Å². The fraction of sp³-hybridized carbons (Fsp3) is 0.375. The van der Waals surface area contributed by atoms with E-state index in [4.69, 9.17) is 4.52 Å². The van der Waals surface area contributed by atoms with Crippen molar-refractivity contribution in [3.8, 4) is 11.4 Å². The van der Waals surface area contributed by atoms with Gasteiger partial charge in [-0.25, -0.2) is 0 Å². The zero-order chi connectivity index (χ0) is 22.3. The maximum Gasteiger partial charge on any atom is 0.246 e. The molecule has 1 aromatic carbocycles. The lowest BCUT2D eigenvalue weighted by Gasteiger charge is -2.33. The van der Waals surface area contributed by atoms with Gasteiger partial charge in [0.1, 0.15) is 0 Å². The Morgan fingerprint density at radius 2 is 1.97 bits per heavy atom. The van der Waals surface area contributed by atoms with Gasteiger partial charge in [-0.15, -0.1) is 0 Å². The van der Waals surface area contributed by atoms with E-state index in [0.717, 1.165) is 18.4 Å². The Kier molecular flexibility index (Phi) is 6.89. The molecule has 1 fully saturated rings. The van der Waals surface area contributed by atoms with Gasteiger partial charge in [-0.05, 0) is 37.0 Å². The van der Waals surface area contributed by atoms with Crippen molar-refractivity contribution >= 4 is 11.8 Å². The number of piperidine rings is 1. The molecule has 0 saturated carbocycles. The van der Waals surface area contributed by atoms with E-state index in [9.17, 15) is 9.59 Å². The molecule has 8 nitrogen and oxygen atoms in total. The summed E-state index contributed by atoms with van der Waals surface area (Å²) in [6, 6.07) is 13.8. The first kappa shape index (κ1) is 21.7. The highest BCUT2D eigenvalue weighted by atomic mass is 16.5. The molecule has 32 heavy (non-hydrogen) atoms. The molecule has 166 valence electrons. The van der Waals surface area contributed by atoms with Crippen LogP contribution < -0.4 is 0 Å². The molecule has 0 spiro atoms. The van der Waals surface area contributed by atoms with Gasteiger partial charge in [-0.3, -0.25) is 14.6 Å². The summed E-state index contributed by atoms with van der Waals surface area (Å²) in [6.07, 6.45) is 6.10. The van der Waals surface area contributed by atoms with Crippen LogP contribution in [0.2, 0.25) is 0 Å². The molecule has 0 aliphatic carbocycles. The molecule has 0 N–H and O–H groups in total. The Labute approximate surface area is 187 Å². The average Bonchev–Trinajstić information content (AvgIpc) is 3.29. The summed E-state index contributed by atoms with van der Waals surface area (Å²) >= 11 is 0. The maximum absolute atomic E-state index is 13.0. The van der Waals surface area contributed by atoms with Crippen LogP contribution in [0.15, 0.2) is 59.4 Å². The summed E-state index contributed by atoms with van der Waals surface area (Å²) in [7, 11) is 1.73. The molecule has 2 aromatic heterocycles. The smallest absolute Gasteiger partial charge is 0.246 e. The van der Waals surface area contributed by atoms with E-state index in [1.54, 1.807) is 36.5 Å². The van der Waals surface area contributed by atoms with E-state index in [0.29, 0.717) is 37.6 Å². The molecule has 1 saturated heterocycles. The third-order valence-electron chi connectivity index (χ3n) is 5.74. The number of carbonyl (C=O) groups excluding carboxylic acids is 2. The van der Waals surface area contributed by atoms with Crippen molar-refractivity contribution in [2.45, 2.75) is 32.2 Å². The van der Waals surface area contributed by atoms with Gasteiger partial charge in [0, 0.05) is 44.5 Å². The van der Waals surface area contributed by atoms with E-state index in [-0.39, 0.29) is 24.3 Å². The number of rotatable bonds is 8. The van der Waals surface area contributed by atoms with Crippen LogP contribution in [0.1, 0.15) is 30.7 Å². The summed E-state index contributed by atoms with van der Waals surface area (Å²) in [5, 5.41) is 3.99. The lowest BCUT2D eigenvalue weighted by atomic mass is 9.95. The van der Waals surface area contributed by atoms with Gasteiger partial charge in [0.05, 0.1) is 12.5 Å². The van der Waals surface area contributed by atoms with E-state index >= 15 is 0 Å². The highest BCUT2D eigenvalue weighted by molar-refractivity contribution is 5.83. The van der Waals surface area contributed by atoms with Crippen LogP contribution in [0.5, 0.6) is 0 Å². The number of aromatic nitrogens is 3. The third-order valence-corrected chi connectivity index (χ3v) is 5.74. The predicted octanol–water partition coefficient (Wildman–Crippen LogP) is 2.96. The highest BCUT2D eigenvalue weighted by Gasteiger charge is 2.32. The predicted molar refractivity (Wildman–Crippen MR) is 118 cm³/mol. The van der Waals surface area contributed by atoms with Crippen molar-refractivity contribution in [3.05, 3.63) is 66.3 Å². The molecular weight excluding hydrogens is 406 g/mol. The average molecular weight is 434 g/mol. The van der Waals surface area contributed by atoms with Crippen LogP contribution in [-0.2, 0) is 22.6 Å². The van der Waals surface area contributed by atoms with Gasteiger partial charge in [-0.2, -0.15) is 4.98 Å². The Hall–Kier alpha value is -3.55. The lowest BCUT2D eigenvalue weighted by Crippen LogP contribution is -2.46. The van der Waals surface area contributed by atoms with Crippen LogP contribution >= 0.6 is 0 Å². The van der Waals surface area contributed by atoms with Crippen molar-refractivity contribution in [2.24, 2.45) is 5.92 Å². The molecular formula is C24H27N5O3. The zero-order valence-electron chi connectivity index (χ0n) is 18.2. The normalized spacial score (nSPS) is 16.2. The second-order valence-corrected chi connectivity index (χ2v) is 8.11. The second kappa shape index (κ2) is 10.2. The minimum Gasteiger partial charge on any atom is -0.342 e. The molecule has 1 aliphatic heterocycles. The van der Waals surface area contributed by atoms with E-state index in [1.165, 1.54) is 5.56 Å². The molecule has 1 aliphatic rings. The van der Waals surface area contributed by atoms with E-state index < -0.39 is 0 Å². The van der Waals surface area contributed by atoms with Crippen LogP contribution in [0.3, 0.4) is 0 Å². The number of hydrogen-bond donors (Lipinski definition) is 0. The summed E-state index contributed by atoms with van der Waals surface area (Å²) in [4.78, 5) is 37.2. The topological polar surface area (TPSA) is 92.4 Å². The number of benzene rings is 1. The second-order valence-electron chi connectivity index (χ2n) is 8.11. The largest absolute Gasteiger partial charge is 0.342 e. The Balaban J connectivity index is 1.30. The van der Waals surface area contributed by atoms with Crippen LogP contribution in [-0.4, -0.2) is 56.9 Å². The molecule has 8 heteroatoms. The van der Waals surface area contributed by atoms with Crippen LogP contribution in [0.25, 0.3) is 11.4 Å². The van der Waals surface area contributed by atoms with E-state index in [2.05, 4.69) is 27.3 Å². The summed E-state index contributed by atoms with van der Waals surface area (Å²) in [6.45, 7) is 1.36. The van der Waals surface area contributed by atoms with Crippen molar-refractivity contribution < 1.29 is 14.1 Å². The standard InChI is InChI=1S/C24H27N5O3/c1-28(17-21-26-23(27-32-21)19-11-13-25-14-12-19)24(31)20-9-10-22(30)29(16-20)15-5-8-18-6-3-2-4-7-18/h2-4,6-7,11-14,20H,5,8-10,15-17H2,1H3/t20-/m0/s1. The summed E-state index contributed by atoms with van der Waals surface area (Å²) in [5.41, 5.74) is 2.07. The molecule has 0 unspecified atom stereocenters. The van der Waals surface area contributed by atoms with Gasteiger partial charge in [-0.1, -0.05) is 35.5 Å². The van der Waals surface area contributed by atoms with Gasteiger partial charge < -0.3 is 14.3 Å². The first-order valence-corrected chi connectivity index (χ1v) is 10.9. The van der Waals surface area contributed by atoms with Crippen molar-refractivity contribution in [1.82, 2.24) is 24.9 Å². The van der Waals surface area contributed by atoms with Crippen molar-refractivity contribution in [2.75, 3.05) is 20.1 Å². The summed E-state index contributed by atoms with van der Waals surface area (Å²) in [5.74, 6) is 0.755. The highest BCUT2D eigenvalue weighted by Crippen LogP contribution is 2.21. The first-order valence-electron chi connectivity index (χ1n) is 10.9. The molecule has 2 amide bonds. The minimum atomic E-state index is -0.211. The Bertz CT molecular complexity index is 1040. The van der Waals surface area contributed by atoms with Crippen molar-refractivity contribution in [1.29, 1.82) is 0 Å². The summed E-state index contributed by atoms with van der Waals surface area (Å²) < 4.78 is 5.32. The first-order chi connectivity index (χ1) is 15.6. The van der Waals surface area contributed by atoms with Crippen molar-refractivity contribution in [3.63, 3.8) is 0 Å². The molecule has 0 radical (unpaired) electrons. The monoisotopic (exact) mass is 433 g/mol. The molecule has 1 atom stereocenters. The number of aryl methyl sites for hydroxylation is 1. The molecule has 3 aromatic rings.